The smallest absolute Gasteiger partial charge is 0.236 e. The number of nitrogens with two attached hydrogens (primary N) is 1. The summed E-state index contributed by atoms with van der Waals surface area (Å²) in [5.41, 5.74) is 6.48. The van der Waals surface area contributed by atoms with Crippen LogP contribution in [-0.2, 0) is 4.79 Å². The highest BCUT2D eigenvalue weighted by atomic mass is 79.9. The molecule has 0 spiro atoms. The van der Waals surface area contributed by atoms with Gasteiger partial charge < -0.3 is 10.6 Å². The molecule has 0 aliphatic rings. The Bertz CT molecular complexity index is 425. The van der Waals surface area contributed by atoms with Crippen LogP contribution in [0.1, 0.15) is 5.56 Å². The molecule has 2 N–H and O–H groups in total. The lowest BCUT2D eigenvalue weighted by Crippen LogP contribution is -2.30. The van der Waals surface area contributed by atoms with E-state index >= 15 is 0 Å². The van der Waals surface area contributed by atoms with E-state index in [9.17, 15) is 4.79 Å². The van der Waals surface area contributed by atoms with E-state index in [1.165, 1.54) is 0 Å². The molecule has 0 fully saturated rings. The van der Waals surface area contributed by atoms with Crippen molar-refractivity contribution in [3.05, 3.63) is 28.2 Å². The zero-order valence-corrected chi connectivity index (χ0v) is 9.78. The predicted molar refractivity (Wildman–Crippen MR) is 61.3 cm³/mol. The van der Waals surface area contributed by atoms with Gasteiger partial charge in [0.25, 0.3) is 0 Å². The summed E-state index contributed by atoms with van der Waals surface area (Å²) < 4.78 is 0.769. The Hall–Kier alpha value is -1.54. The number of amides is 1. The van der Waals surface area contributed by atoms with Gasteiger partial charge in [-0.25, -0.2) is 0 Å². The van der Waals surface area contributed by atoms with Crippen LogP contribution < -0.4 is 10.6 Å². The molecular weight excluding hydrogens is 258 g/mol. The molecule has 0 bridgehead atoms. The highest BCUT2D eigenvalue weighted by Crippen LogP contribution is 2.26. The Kier molecular flexibility index (Phi) is 3.69. The normalized spacial score (nSPS) is 9.40. The predicted octanol–water partition coefficient (Wildman–Crippen LogP) is 1.24. The lowest BCUT2D eigenvalue weighted by Gasteiger charge is -2.18. The van der Waals surface area contributed by atoms with Crippen LogP contribution in [0.3, 0.4) is 0 Å². The van der Waals surface area contributed by atoms with Crippen molar-refractivity contribution < 1.29 is 4.79 Å². The fourth-order valence-corrected chi connectivity index (χ4v) is 1.89. The quantitative estimate of drug-likeness (QED) is 0.896. The van der Waals surface area contributed by atoms with Crippen molar-refractivity contribution in [3.63, 3.8) is 0 Å². The van der Waals surface area contributed by atoms with Crippen molar-refractivity contribution in [2.75, 3.05) is 18.5 Å². The van der Waals surface area contributed by atoms with Crippen LogP contribution in [0.25, 0.3) is 0 Å². The van der Waals surface area contributed by atoms with Crippen LogP contribution in [0.4, 0.5) is 5.69 Å². The molecule has 1 rings (SSSR count). The number of carbonyl (C=O) groups excluding carboxylic acids is 1. The van der Waals surface area contributed by atoms with Crippen molar-refractivity contribution in [1.82, 2.24) is 0 Å². The molecule has 0 atom stereocenters. The van der Waals surface area contributed by atoms with E-state index in [2.05, 4.69) is 15.9 Å². The summed E-state index contributed by atoms with van der Waals surface area (Å²) in [7, 11) is 1.76. The number of nitrogens with zero attached hydrogens (tertiary/aromatic N) is 2. The lowest BCUT2D eigenvalue weighted by atomic mass is 10.2. The SMILES string of the molecule is CN(CC(N)=O)c1ccc(C#N)cc1Br. The van der Waals surface area contributed by atoms with Gasteiger partial charge in [-0.1, -0.05) is 0 Å². The van der Waals surface area contributed by atoms with Crippen LogP contribution in [0, 0.1) is 11.3 Å². The number of likely N-dealkylation sites (N-methyl/N-ethyl adjacent to an activating group) is 1. The van der Waals surface area contributed by atoms with E-state index < -0.39 is 5.91 Å². The molecule has 0 saturated carbocycles. The van der Waals surface area contributed by atoms with Crippen molar-refractivity contribution in [3.8, 4) is 6.07 Å². The number of anilines is 1. The maximum atomic E-state index is 10.7. The van der Waals surface area contributed by atoms with Crippen LogP contribution in [0.2, 0.25) is 0 Å². The second-order valence-corrected chi connectivity index (χ2v) is 3.95. The van der Waals surface area contributed by atoms with Gasteiger partial charge in [0.1, 0.15) is 0 Å². The molecule has 1 amide bonds. The van der Waals surface area contributed by atoms with Crippen molar-refractivity contribution in [2.24, 2.45) is 5.73 Å². The Morgan fingerprint density at radius 2 is 2.33 bits per heavy atom. The monoisotopic (exact) mass is 267 g/mol. The van der Waals surface area contributed by atoms with Gasteiger partial charge in [0, 0.05) is 11.5 Å². The largest absolute Gasteiger partial charge is 0.368 e. The lowest BCUT2D eigenvalue weighted by molar-refractivity contribution is -0.116. The van der Waals surface area contributed by atoms with E-state index in [0.717, 1.165) is 10.2 Å². The van der Waals surface area contributed by atoms with Gasteiger partial charge in [-0.3, -0.25) is 4.79 Å². The number of hydrogen-bond acceptors (Lipinski definition) is 3. The minimum Gasteiger partial charge on any atom is -0.368 e. The highest BCUT2D eigenvalue weighted by molar-refractivity contribution is 9.10. The fourth-order valence-electron chi connectivity index (χ4n) is 1.20. The Morgan fingerprint density at radius 1 is 1.67 bits per heavy atom. The second-order valence-electron chi connectivity index (χ2n) is 3.10. The van der Waals surface area contributed by atoms with E-state index in [1.54, 1.807) is 30.1 Å². The third-order valence-corrected chi connectivity index (χ3v) is 2.52. The van der Waals surface area contributed by atoms with Crippen molar-refractivity contribution in [2.45, 2.75) is 0 Å². The minimum absolute atomic E-state index is 0.143. The number of rotatable bonds is 3. The van der Waals surface area contributed by atoms with Crippen LogP contribution in [0.5, 0.6) is 0 Å². The molecule has 78 valence electrons. The third kappa shape index (κ3) is 2.96. The second kappa shape index (κ2) is 4.80. The first-order chi connectivity index (χ1) is 7.04. The molecule has 1 aromatic rings. The standard InChI is InChI=1S/C10H10BrN3O/c1-14(6-10(13)15)9-3-2-7(5-12)4-8(9)11/h2-4H,6H2,1H3,(H2,13,15). The molecule has 0 unspecified atom stereocenters. The molecule has 0 saturated heterocycles. The van der Waals surface area contributed by atoms with Gasteiger partial charge in [-0.05, 0) is 34.1 Å². The van der Waals surface area contributed by atoms with Crippen LogP contribution >= 0.6 is 15.9 Å². The number of hydrogen-bond donors (Lipinski definition) is 1. The topological polar surface area (TPSA) is 70.1 Å². The van der Waals surface area contributed by atoms with Gasteiger partial charge in [-0.15, -0.1) is 0 Å². The maximum Gasteiger partial charge on any atom is 0.236 e. The zero-order valence-electron chi connectivity index (χ0n) is 8.20. The summed E-state index contributed by atoms with van der Waals surface area (Å²) in [5, 5.41) is 8.68. The molecule has 15 heavy (non-hydrogen) atoms. The van der Waals surface area contributed by atoms with Crippen molar-refractivity contribution >= 4 is 27.5 Å². The fraction of sp³-hybridized carbons (Fsp3) is 0.200. The number of carbonyl (C=O) groups is 1. The molecule has 0 heterocycles. The summed E-state index contributed by atoms with van der Waals surface area (Å²) in [6.07, 6.45) is 0. The molecule has 5 heteroatoms. The number of halogens is 1. The minimum atomic E-state index is -0.395. The first-order valence-electron chi connectivity index (χ1n) is 4.23. The summed E-state index contributed by atoms with van der Waals surface area (Å²) in [6.45, 7) is 0.143. The van der Waals surface area contributed by atoms with E-state index in [1.807, 2.05) is 6.07 Å². The molecule has 0 aliphatic heterocycles. The van der Waals surface area contributed by atoms with E-state index in [4.69, 9.17) is 11.0 Å². The van der Waals surface area contributed by atoms with Gasteiger partial charge >= 0.3 is 0 Å². The number of nitriles is 1. The Labute approximate surface area is 96.4 Å². The molecule has 4 nitrogen and oxygen atoms in total. The Balaban J connectivity index is 2.96. The highest BCUT2D eigenvalue weighted by Gasteiger charge is 2.08. The molecule has 0 aromatic heterocycles. The van der Waals surface area contributed by atoms with Gasteiger partial charge in [0.05, 0.1) is 23.9 Å². The molecule has 1 aromatic carbocycles. The zero-order chi connectivity index (χ0) is 11.4. The average Bonchev–Trinajstić information content (AvgIpc) is 2.16. The Morgan fingerprint density at radius 3 is 2.80 bits per heavy atom. The van der Waals surface area contributed by atoms with Crippen LogP contribution in [-0.4, -0.2) is 19.5 Å². The number of primary amides is 1. The maximum absolute atomic E-state index is 10.7. The summed E-state index contributed by atoms with van der Waals surface area (Å²) in [4.78, 5) is 12.4. The first kappa shape index (κ1) is 11.5. The summed E-state index contributed by atoms with van der Waals surface area (Å²) in [6, 6.07) is 7.20. The summed E-state index contributed by atoms with van der Waals surface area (Å²) >= 11 is 3.33. The molecule has 0 aliphatic carbocycles. The third-order valence-electron chi connectivity index (χ3n) is 1.88. The number of benzene rings is 1. The van der Waals surface area contributed by atoms with Gasteiger partial charge in [-0.2, -0.15) is 5.26 Å². The van der Waals surface area contributed by atoms with Crippen molar-refractivity contribution in [1.29, 1.82) is 5.26 Å². The summed E-state index contributed by atoms with van der Waals surface area (Å²) in [5.74, 6) is -0.395. The van der Waals surface area contributed by atoms with Gasteiger partial charge in [0.15, 0.2) is 0 Å². The molecule has 0 radical (unpaired) electrons. The first-order valence-corrected chi connectivity index (χ1v) is 5.03. The van der Waals surface area contributed by atoms with Crippen LogP contribution in [0.15, 0.2) is 22.7 Å². The van der Waals surface area contributed by atoms with Gasteiger partial charge in [0.2, 0.25) is 5.91 Å². The average molecular weight is 268 g/mol. The van der Waals surface area contributed by atoms with E-state index in [0.29, 0.717) is 5.56 Å². The molecular formula is C10H10BrN3O. The van der Waals surface area contributed by atoms with E-state index in [-0.39, 0.29) is 6.54 Å².